The third kappa shape index (κ3) is 2.77. The highest BCUT2D eigenvalue weighted by molar-refractivity contribution is 6.27. The van der Waals surface area contributed by atoms with Crippen molar-refractivity contribution >= 4 is 17.5 Å². The minimum absolute atomic E-state index is 0.105. The Morgan fingerprint density at radius 1 is 0.828 bits per heavy atom. The second-order valence-corrected chi connectivity index (χ2v) is 6.60. The quantitative estimate of drug-likeness (QED) is 0.737. The van der Waals surface area contributed by atoms with Gasteiger partial charge in [0.05, 0.1) is 33.3 Å². The van der Waals surface area contributed by atoms with Crippen molar-refractivity contribution in [2.45, 2.75) is 12.3 Å². The van der Waals surface area contributed by atoms with Crippen LogP contribution in [0.4, 0.5) is 0 Å². The lowest BCUT2D eigenvalue weighted by atomic mass is 9.76. The van der Waals surface area contributed by atoms with Gasteiger partial charge in [-0.25, -0.2) is 0 Å². The van der Waals surface area contributed by atoms with E-state index in [1.807, 2.05) is 0 Å². The van der Waals surface area contributed by atoms with Crippen molar-refractivity contribution in [2.24, 2.45) is 0 Å². The Hall–Kier alpha value is -3.61. The van der Waals surface area contributed by atoms with Gasteiger partial charge in [0.1, 0.15) is 0 Å². The molecule has 0 aromatic heterocycles. The van der Waals surface area contributed by atoms with Crippen LogP contribution in [0.5, 0.6) is 17.2 Å². The molecule has 0 saturated heterocycles. The molecule has 2 aromatic carbocycles. The van der Waals surface area contributed by atoms with Gasteiger partial charge < -0.3 is 18.9 Å². The van der Waals surface area contributed by atoms with Crippen LogP contribution in [0.25, 0.3) is 0 Å². The highest BCUT2D eigenvalue weighted by Gasteiger charge is 2.44. The first kappa shape index (κ1) is 18.7. The van der Waals surface area contributed by atoms with E-state index in [-0.39, 0.29) is 29.1 Å². The van der Waals surface area contributed by atoms with E-state index >= 15 is 0 Å². The average Bonchev–Trinajstić information content (AvgIpc) is 2.75. The lowest BCUT2D eigenvalue weighted by Crippen LogP contribution is -2.33. The lowest BCUT2D eigenvalue weighted by molar-refractivity contribution is -0.140. The summed E-state index contributed by atoms with van der Waals surface area (Å²) in [5.41, 5.74) is 1.20. The molecule has 1 aliphatic carbocycles. The largest absolute Gasteiger partial charge is 0.493 e. The molecule has 148 valence electrons. The Kier molecular flexibility index (Phi) is 4.58. The van der Waals surface area contributed by atoms with Crippen LogP contribution in [0.1, 0.15) is 38.6 Å². The highest BCUT2D eigenvalue weighted by Crippen LogP contribution is 2.48. The van der Waals surface area contributed by atoms with E-state index in [9.17, 15) is 14.4 Å². The number of carbonyl (C=O) groups excluding carboxylic acids is 3. The molecule has 0 bridgehead atoms. The molecule has 2 aliphatic rings. The summed E-state index contributed by atoms with van der Waals surface area (Å²) in [7, 11) is 4.42. The predicted octanol–water partition coefficient (Wildman–Crippen LogP) is 3.08. The molecule has 0 fully saturated rings. The molecule has 4 rings (SSSR count). The summed E-state index contributed by atoms with van der Waals surface area (Å²) in [5.74, 6) is -1.24. The Balaban J connectivity index is 1.94. The van der Waals surface area contributed by atoms with Crippen molar-refractivity contribution in [3.05, 3.63) is 64.4 Å². The number of benzene rings is 2. The van der Waals surface area contributed by atoms with Gasteiger partial charge in [-0.2, -0.15) is 0 Å². The van der Waals surface area contributed by atoms with Crippen molar-refractivity contribution in [2.75, 3.05) is 21.3 Å². The summed E-state index contributed by atoms with van der Waals surface area (Å²) in [4.78, 5) is 38.5. The highest BCUT2D eigenvalue weighted by atomic mass is 16.5. The fourth-order valence-corrected chi connectivity index (χ4v) is 3.88. The molecule has 1 aliphatic heterocycles. The number of allylic oxidation sites excluding steroid dienone is 2. The number of hydrogen-bond donors (Lipinski definition) is 0. The van der Waals surface area contributed by atoms with Crippen molar-refractivity contribution in [1.82, 2.24) is 0 Å². The van der Waals surface area contributed by atoms with Gasteiger partial charge in [0, 0.05) is 22.6 Å². The number of fused-ring (bicyclic) bond motifs is 1. The average molecular weight is 394 g/mol. The summed E-state index contributed by atoms with van der Waals surface area (Å²) in [6.45, 7) is 0. The zero-order chi connectivity index (χ0) is 20.7. The maximum absolute atomic E-state index is 13.3. The number of methoxy groups -OCH3 is 3. The van der Waals surface area contributed by atoms with Gasteiger partial charge >= 0.3 is 5.97 Å². The molecule has 7 nitrogen and oxygen atoms in total. The van der Waals surface area contributed by atoms with Gasteiger partial charge in [0.15, 0.2) is 23.0 Å². The SMILES string of the molecule is COc1ccc([C@H]2CC(=O)OC3=C2C(=O)c2ccccc2C3=O)c(OC)c1OC. The number of esters is 1. The maximum atomic E-state index is 13.3. The van der Waals surface area contributed by atoms with E-state index in [0.29, 0.717) is 28.4 Å². The van der Waals surface area contributed by atoms with Gasteiger partial charge in [-0.3, -0.25) is 14.4 Å². The van der Waals surface area contributed by atoms with Crippen LogP contribution in [0.2, 0.25) is 0 Å². The predicted molar refractivity (Wildman–Crippen MR) is 102 cm³/mol. The molecule has 1 atom stereocenters. The molecule has 0 unspecified atom stereocenters. The van der Waals surface area contributed by atoms with Crippen LogP contribution in [-0.2, 0) is 9.53 Å². The summed E-state index contributed by atoms with van der Waals surface area (Å²) in [5, 5.41) is 0. The van der Waals surface area contributed by atoms with Gasteiger partial charge in [-0.05, 0) is 6.07 Å². The summed E-state index contributed by atoms with van der Waals surface area (Å²) < 4.78 is 21.5. The molecule has 0 radical (unpaired) electrons. The van der Waals surface area contributed by atoms with Crippen molar-refractivity contribution in [1.29, 1.82) is 0 Å². The van der Waals surface area contributed by atoms with Crippen LogP contribution in [0.15, 0.2) is 47.7 Å². The van der Waals surface area contributed by atoms with E-state index < -0.39 is 17.7 Å². The number of carbonyl (C=O) groups is 3. The fourth-order valence-electron chi connectivity index (χ4n) is 3.88. The van der Waals surface area contributed by atoms with E-state index in [1.165, 1.54) is 21.3 Å². The zero-order valence-corrected chi connectivity index (χ0v) is 16.1. The second-order valence-electron chi connectivity index (χ2n) is 6.60. The fraction of sp³-hybridized carbons (Fsp3) is 0.227. The molecule has 2 aromatic rings. The van der Waals surface area contributed by atoms with Gasteiger partial charge in [-0.1, -0.05) is 30.3 Å². The first-order valence-corrected chi connectivity index (χ1v) is 8.93. The number of rotatable bonds is 4. The van der Waals surface area contributed by atoms with Crippen molar-refractivity contribution in [3.8, 4) is 17.2 Å². The maximum Gasteiger partial charge on any atom is 0.312 e. The van der Waals surface area contributed by atoms with Crippen LogP contribution in [0.3, 0.4) is 0 Å². The first-order valence-electron chi connectivity index (χ1n) is 8.93. The third-order valence-electron chi connectivity index (χ3n) is 5.16. The molecular formula is C22H18O7. The zero-order valence-electron chi connectivity index (χ0n) is 16.1. The second kappa shape index (κ2) is 7.09. The normalized spacial score (nSPS) is 18.0. The monoisotopic (exact) mass is 394 g/mol. The minimum atomic E-state index is -0.717. The van der Waals surface area contributed by atoms with Crippen LogP contribution >= 0.6 is 0 Å². The number of ketones is 2. The van der Waals surface area contributed by atoms with Crippen LogP contribution < -0.4 is 14.2 Å². The van der Waals surface area contributed by atoms with E-state index in [4.69, 9.17) is 18.9 Å². The number of Topliss-reactive ketones (excluding diaryl/α,β-unsaturated/α-hetero) is 2. The molecule has 0 amide bonds. The first-order chi connectivity index (χ1) is 14.0. The van der Waals surface area contributed by atoms with Crippen molar-refractivity contribution in [3.63, 3.8) is 0 Å². The molecule has 29 heavy (non-hydrogen) atoms. The third-order valence-corrected chi connectivity index (χ3v) is 5.16. The van der Waals surface area contributed by atoms with Crippen molar-refractivity contribution < 1.29 is 33.3 Å². The summed E-state index contributed by atoms with van der Waals surface area (Å²) in [6.07, 6.45) is -0.105. The Morgan fingerprint density at radius 2 is 1.48 bits per heavy atom. The minimum Gasteiger partial charge on any atom is -0.493 e. The Morgan fingerprint density at radius 3 is 2.10 bits per heavy atom. The number of hydrogen-bond acceptors (Lipinski definition) is 7. The van der Waals surface area contributed by atoms with E-state index in [1.54, 1.807) is 36.4 Å². The molecule has 7 heteroatoms. The topological polar surface area (TPSA) is 88.1 Å². The standard InChI is InChI=1S/C22H18O7/c1-26-15-9-8-13(20(27-2)21(15)28-3)14-10-16(23)29-22-17(14)18(24)11-6-4-5-7-12(11)19(22)25/h4-9,14H,10H2,1-3H3/t14-/m1/s1. The summed E-state index contributed by atoms with van der Waals surface area (Å²) >= 11 is 0. The molecular weight excluding hydrogens is 376 g/mol. The Labute approximate surface area is 166 Å². The van der Waals surface area contributed by atoms with Gasteiger partial charge in [-0.15, -0.1) is 0 Å². The summed E-state index contributed by atoms with van der Waals surface area (Å²) in [6, 6.07) is 9.87. The van der Waals surface area contributed by atoms with Gasteiger partial charge in [0.2, 0.25) is 11.5 Å². The Bertz CT molecular complexity index is 1080. The molecule has 1 heterocycles. The smallest absolute Gasteiger partial charge is 0.312 e. The van der Waals surface area contributed by atoms with Crippen LogP contribution in [0, 0.1) is 0 Å². The molecule has 0 saturated carbocycles. The van der Waals surface area contributed by atoms with Gasteiger partial charge in [0.25, 0.3) is 0 Å². The molecule has 0 spiro atoms. The molecule has 0 N–H and O–H groups in total. The lowest BCUT2D eigenvalue weighted by Gasteiger charge is -2.31. The van der Waals surface area contributed by atoms with Crippen LogP contribution in [-0.4, -0.2) is 38.9 Å². The van der Waals surface area contributed by atoms with E-state index in [0.717, 1.165) is 0 Å². The van der Waals surface area contributed by atoms with E-state index in [2.05, 4.69) is 0 Å². The number of ether oxygens (including phenoxy) is 4.